The van der Waals surface area contributed by atoms with Crippen LogP contribution in [0.25, 0.3) is 0 Å². The van der Waals surface area contributed by atoms with Gasteiger partial charge in [-0.1, -0.05) is 44.1 Å². The van der Waals surface area contributed by atoms with E-state index in [-0.39, 0.29) is 18.0 Å². The largest absolute Gasteiger partial charge is 0.481 e. The Morgan fingerprint density at radius 2 is 1.85 bits per heavy atom. The van der Waals surface area contributed by atoms with Gasteiger partial charge in [0.05, 0.1) is 11.5 Å². The SMILES string of the molecule is CCCCC/C=C\C/C=C\CC(=O)/C=C/C1OC1CCC(C)(C)C(=O)O. The second-order valence-corrected chi connectivity index (χ2v) is 7.57. The summed E-state index contributed by atoms with van der Waals surface area (Å²) in [5.41, 5.74) is -0.731. The number of epoxide rings is 1. The zero-order valence-electron chi connectivity index (χ0n) is 16.4. The van der Waals surface area contributed by atoms with Crippen molar-refractivity contribution in [3.63, 3.8) is 0 Å². The molecule has 4 nitrogen and oxygen atoms in total. The maximum Gasteiger partial charge on any atom is 0.309 e. The summed E-state index contributed by atoms with van der Waals surface area (Å²) in [5, 5.41) is 9.09. The molecule has 0 saturated carbocycles. The molecule has 1 aliphatic rings. The fourth-order valence-corrected chi connectivity index (χ4v) is 2.54. The molecular formula is C22H34O4. The van der Waals surface area contributed by atoms with Crippen LogP contribution >= 0.6 is 0 Å². The van der Waals surface area contributed by atoms with Crippen LogP contribution in [0.2, 0.25) is 0 Å². The molecule has 4 heteroatoms. The molecule has 0 bridgehead atoms. The van der Waals surface area contributed by atoms with Crippen LogP contribution in [-0.4, -0.2) is 29.1 Å². The number of rotatable bonds is 14. The summed E-state index contributed by atoms with van der Waals surface area (Å²) < 4.78 is 5.48. The van der Waals surface area contributed by atoms with Gasteiger partial charge in [0.2, 0.25) is 0 Å². The summed E-state index contributed by atoms with van der Waals surface area (Å²) in [5.74, 6) is -0.726. The summed E-state index contributed by atoms with van der Waals surface area (Å²) in [7, 11) is 0. The molecule has 0 aliphatic carbocycles. The number of aliphatic carboxylic acids is 1. The molecule has 0 spiro atoms. The number of carbonyl (C=O) groups excluding carboxylic acids is 1. The third-order valence-corrected chi connectivity index (χ3v) is 4.63. The van der Waals surface area contributed by atoms with Crippen LogP contribution in [0, 0.1) is 5.41 Å². The lowest BCUT2D eigenvalue weighted by molar-refractivity contribution is -0.147. The average Bonchev–Trinajstić information content (AvgIpc) is 3.35. The molecule has 0 radical (unpaired) electrons. The number of hydrogen-bond acceptors (Lipinski definition) is 3. The Balaban J connectivity index is 2.13. The smallest absolute Gasteiger partial charge is 0.309 e. The predicted molar refractivity (Wildman–Crippen MR) is 105 cm³/mol. The van der Waals surface area contributed by atoms with Crippen LogP contribution in [0.5, 0.6) is 0 Å². The van der Waals surface area contributed by atoms with E-state index in [1.165, 1.54) is 19.3 Å². The van der Waals surface area contributed by atoms with E-state index in [4.69, 9.17) is 9.84 Å². The third-order valence-electron chi connectivity index (χ3n) is 4.63. The van der Waals surface area contributed by atoms with Gasteiger partial charge in [-0.25, -0.2) is 0 Å². The van der Waals surface area contributed by atoms with E-state index in [0.717, 1.165) is 12.8 Å². The van der Waals surface area contributed by atoms with Crippen LogP contribution in [0.15, 0.2) is 36.5 Å². The monoisotopic (exact) mass is 362 g/mol. The number of hydrogen-bond donors (Lipinski definition) is 1. The molecular weight excluding hydrogens is 328 g/mol. The number of unbranched alkanes of at least 4 members (excludes halogenated alkanes) is 3. The van der Waals surface area contributed by atoms with E-state index in [1.807, 2.05) is 12.2 Å². The quantitative estimate of drug-likeness (QED) is 0.198. The molecule has 1 rings (SSSR count). The van der Waals surface area contributed by atoms with Gasteiger partial charge >= 0.3 is 5.97 Å². The van der Waals surface area contributed by atoms with Gasteiger partial charge in [0.25, 0.3) is 0 Å². The van der Waals surface area contributed by atoms with Crippen molar-refractivity contribution < 1.29 is 19.4 Å². The number of allylic oxidation sites excluding steroid dienone is 5. The number of carbonyl (C=O) groups is 2. The van der Waals surface area contributed by atoms with Crippen molar-refractivity contribution in [2.24, 2.45) is 5.41 Å². The van der Waals surface area contributed by atoms with Gasteiger partial charge in [-0.2, -0.15) is 0 Å². The Bertz CT molecular complexity index is 528. The van der Waals surface area contributed by atoms with Crippen LogP contribution < -0.4 is 0 Å². The van der Waals surface area contributed by atoms with E-state index >= 15 is 0 Å². The standard InChI is InChI=1S/C22H34O4/c1-4-5-6-7-8-9-10-11-12-13-18(23)14-15-19-20(26-19)16-17-22(2,3)21(24)25/h8-9,11-12,14-15,19-20H,4-7,10,13,16-17H2,1-3H3,(H,24,25)/b9-8-,12-11-,15-14+. The number of carboxylic acid groups (broad SMARTS) is 1. The lowest BCUT2D eigenvalue weighted by atomic mass is 9.87. The first-order valence-electron chi connectivity index (χ1n) is 9.76. The second kappa shape index (κ2) is 11.8. The first-order valence-corrected chi connectivity index (χ1v) is 9.76. The Morgan fingerprint density at radius 3 is 2.54 bits per heavy atom. The van der Waals surface area contributed by atoms with Gasteiger partial charge in [0.15, 0.2) is 5.78 Å². The molecule has 2 unspecified atom stereocenters. The van der Waals surface area contributed by atoms with Crippen molar-refractivity contribution in [2.45, 2.75) is 84.3 Å². The van der Waals surface area contributed by atoms with Crippen LogP contribution in [-0.2, 0) is 14.3 Å². The predicted octanol–water partition coefficient (Wildman–Crippen LogP) is 5.24. The highest BCUT2D eigenvalue weighted by atomic mass is 16.6. The maximum absolute atomic E-state index is 11.8. The molecule has 1 saturated heterocycles. The lowest BCUT2D eigenvalue weighted by Crippen LogP contribution is -2.24. The average molecular weight is 363 g/mol. The Kier molecular flexibility index (Phi) is 10.2. The zero-order valence-corrected chi connectivity index (χ0v) is 16.4. The van der Waals surface area contributed by atoms with Crippen molar-refractivity contribution >= 4 is 11.8 Å². The fraction of sp³-hybridized carbons (Fsp3) is 0.636. The summed E-state index contributed by atoms with van der Waals surface area (Å²) in [4.78, 5) is 22.9. The van der Waals surface area contributed by atoms with Crippen LogP contribution in [0.4, 0.5) is 0 Å². The molecule has 146 valence electrons. The Morgan fingerprint density at radius 1 is 1.12 bits per heavy atom. The van der Waals surface area contributed by atoms with Crippen molar-refractivity contribution in [1.82, 2.24) is 0 Å². The summed E-state index contributed by atoms with van der Waals surface area (Å²) in [6.45, 7) is 5.64. The van der Waals surface area contributed by atoms with Gasteiger partial charge in [0.1, 0.15) is 6.10 Å². The Hall–Kier alpha value is -1.68. The number of ketones is 1. The first-order chi connectivity index (χ1) is 12.4. The van der Waals surface area contributed by atoms with Crippen molar-refractivity contribution in [2.75, 3.05) is 0 Å². The van der Waals surface area contributed by atoms with Crippen LogP contribution in [0.1, 0.15) is 72.1 Å². The molecule has 0 aromatic carbocycles. The molecule has 0 aromatic heterocycles. The van der Waals surface area contributed by atoms with Crippen molar-refractivity contribution in [3.8, 4) is 0 Å². The van der Waals surface area contributed by atoms with E-state index in [2.05, 4.69) is 19.1 Å². The van der Waals surface area contributed by atoms with Gasteiger partial charge in [-0.05, 0) is 58.1 Å². The van der Waals surface area contributed by atoms with Crippen molar-refractivity contribution in [1.29, 1.82) is 0 Å². The number of ether oxygens (including phenoxy) is 1. The highest BCUT2D eigenvalue weighted by Crippen LogP contribution is 2.33. The van der Waals surface area contributed by atoms with Crippen LogP contribution in [0.3, 0.4) is 0 Å². The molecule has 26 heavy (non-hydrogen) atoms. The topological polar surface area (TPSA) is 66.9 Å². The summed E-state index contributed by atoms with van der Waals surface area (Å²) in [6, 6.07) is 0. The number of carboxylic acids is 1. The fourth-order valence-electron chi connectivity index (χ4n) is 2.54. The normalized spacial score (nSPS) is 20.4. The molecule has 1 fully saturated rings. The van der Waals surface area contributed by atoms with Gasteiger partial charge in [0, 0.05) is 6.42 Å². The third kappa shape index (κ3) is 9.71. The summed E-state index contributed by atoms with van der Waals surface area (Å²) >= 11 is 0. The molecule has 0 aromatic rings. The first kappa shape index (κ1) is 22.4. The minimum Gasteiger partial charge on any atom is -0.481 e. The molecule has 1 heterocycles. The van der Waals surface area contributed by atoms with Gasteiger partial charge < -0.3 is 9.84 Å². The zero-order chi connectivity index (χ0) is 19.4. The minimum absolute atomic E-state index is 0.0430. The molecule has 2 atom stereocenters. The van der Waals surface area contributed by atoms with E-state index in [9.17, 15) is 9.59 Å². The highest BCUT2D eigenvalue weighted by Gasteiger charge is 2.38. The lowest BCUT2D eigenvalue weighted by Gasteiger charge is -2.17. The minimum atomic E-state index is -0.789. The highest BCUT2D eigenvalue weighted by molar-refractivity contribution is 5.90. The van der Waals surface area contributed by atoms with Crippen molar-refractivity contribution in [3.05, 3.63) is 36.5 Å². The van der Waals surface area contributed by atoms with Gasteiger partial charge in [-0.3, -0.25) is 9.59 Å². The second-order valence-electron chi connectivity index (χ2n) is 7.57. The molecule has 1 N–H and O–H groups in total. The summed E-state index contributed by atoms with van der Waals surface area (Å²) in [6.07, 6.45) is 19.1. The molecule has 0 amide bonds. The van der Waals surface area contributed by atoms with E-state index < -0.39 is 11.4 Å². The van der Waals surface area contributed by atoms with Gasteiger partial charge in [-0.15, -0.1) is 0 Å². The maximum atomic E-state index is 11.8. The van der Waals surface area contributed by atoms with E-state index in [1.54, 1.807) is 26.0 Å². The Labute approximate surface area is 158 Å². The molecule has 1 aliphatic heterocycles. The van der Waals surface area contributed by atoms with E-state index in [0.29, 0.717) is 19.3 Å².